The molecule has 0 saturated carbocycles. The van der Waals surface area contributed by atoms with Crippen LogP contribution in [-0.4, -0.2) is 37.7 Å². The highest BCUT2D eigenvalue weighted by atomic mass is 32.2. The molecular weight excluding hydrogens is 284 g/mol. The van der Waals surface area contributed by atoms with Gasteiger partial charge >= 0.3 is 5.97 Å². The molecule has 1 atom stereocenters. The number of carboxylic acids is 1. The van der Waals surface area contributed by atoms with Crippen molar-refractivity contribution in [2.45, 2.75) is 23.8 Å². The quantitative estimate of drug-likeness (QED) is 0.753. The highest BCUT2D eigenvalue weighted by Crippen LogP contribution is 2.33. The fourth-order valence-electron chi connectivity index (χ4n) is 2.02. The number of hydrogen-bond acceptors (Lipinski definition) is 5. The zero-order valence-corrected chi connectivity index (χ0v) is 11.5. The largest absolute Gasteiger partial charge is 0.481 e. The van der Waals surface area contributed by atoms with Gasteiger partial charge < -0.3 is 15.7 Å². The number of aliphatic carboxylic acids is 1. The van der Waals surface area contributed by atoms with E-state index in [1.165, 1.54) is 6.07 Å². The molecule has 0 aliphatic carbocycles. The number of carbonyl (C=O) groups is 2. The van der Waals surface area contributed by atoms with Gasteiger partial charge in [0.15, 0.2) is 9.84 Å². The Morgan fingerprint density at radius 3 is 2.70 bits per heavy atom. The number of sulfone groups is 1. The number of benzene rings is 1. The molecule has 1 aliphatic heterocycles. The Morgan fingerprint density at radius 1 is 1.40 bits per heavy atom. The molecule has 0 aromatic heterocycles. The normalized spacial score (nSPS) is 17.9. The second-order valence-electron chi connectivity index (χ2n) is 4.57. The summed E-state index contributed by atoms with van der Waals surface area (Å²) in [6, 6.07) is 3.92. The van der Waals surface area contributed by atoms with Gasteiger partial charge in [-0.2, -0.15) is 0 Å². The first-order valence-corrected chi connectivity index (χ1v) is 7.80. The predicted molar refractivity (Wildman–Crippen MR) is 72.5 cm³/mol. The first-order chi connectivity index (χ1) is 9.29. The van der Waals surface area contributed by atoms with Crippen LogP contribution in [0.4, 0.5) is 11.4 Å². The third-order valence-corrected chi connectivity index (χ3v) is 4.11. The second kappa shape index (κ2) is 5.12. The summed E-state index contributed by atoms with van der Waals surface area (Å²) in [5.74, 6) is -1.43. The van der Waals surface area contributed by atoms with Crippen LogP contribution in [0.25, 0.3) is 0 Å². The summed E-state index contributed by atoms with van der Waals surface area (Å²) in [6.07, 6.45) is 1.04. The lowest BCUT2D eigenvalue weighted by Crippen LogP contribution is -2.39. The van der Waals surface area contributed by atoms with Crippen LogP contribution in [0.3, 0.4) is 0 Å². The molecule has 1 aliphatic rings. The van der Waals surface area contributed by atoms with Gasteiger partial charge in [0.2, 0.25) is 5.91 Å². The van der Waals surface area contributed by atoms with E-state index in [0.717, 1.165) is 6.26 Å². The van der Waals surface area contributed by atoms with Gasteiger partial charge in [0.25, 0.3) is 0 Å². The molecule has 0 fully saturated rings. The fraction of sp³-hybridized carbons (Fsp3) is 0.333. The standard InChI is InChI=1S/C12H14N2O5S/c1-20(18,19)9-4-2-3-7-11(9)14-12(17)8(13-7)5-6-10(15)16/h2-4,8,13H,5-6H2,1H3,(H,14,17)(H,15,16). The molecule has 2 rings (SSSR count). The first-order valence-electron chi connectivity index (χ1n) is 5.91. The van der Waals surface area contributed by atoms with Gasteiger partial charge in [-0.05, 0) is 18.6 Å². The number of fused-ring (bicyclic) bond motifs is 1. The second-order valence-corrected chi connectivity index (χ2v) is 6.55. The summed E-state index contributed by atoms with van der Waals surface area (Å²) in [5.41, 5.74) is 0.689. The Bertz CT molecular complexity index is 668. The average molecular weight is 298 g/mol. The van der Waals surface area contributed by atoms with Gasteiger partial charge in [-0.1, -0.05) is 6.07 Å². The molecule has 8 heteroatoms. The van der Waals surface area contributed by atoms with Crippen molar-refractivity contribution >= 4 is 33.1 Å². The van der Waals surface area contributed by atoms with Gasteiger partial charge in [-0.25, -0.2) is 8.42 Å². The average Bonchev–Trinajstić information content (AvgIpc) is 2.34. The summed E-state index contributed by atoms with van der Waals surface area (Å²) >= 11 is 0. The van der Waals surface area contributed by atoms with Crippen molar-refractivity contribution in [3.8, 4) is 0 Å². The summed E-state index contributed by atoms with van der Waals surface area (Å²) in [6.45, 7) is 0. The van der Waals surface area contributed by atoms with E-state index in [1.54, 1.807) is 12.1 Å². The number of nitrogens with one attached hydrogen (secondary N) is 2. The minimum absolute atomic E-state index is 0.0348. The Morgan fingerprint density at radius 2 is 2.10 bits per heavy atom. The molecule has 7 nitrogen and oxygen atoms in total. The van der Waals surface area contributed by atoms with Crippen LogP contribution in [-0.2, 0) is 19.4 Å². The summed E-state index contributed by atoms with van der Waals surface area (Å²) in [4.78, 5) is 22.5. The van der Waals surface area contributed by atoms with E-state index in [-0.39, 0.29) is 23.4 Å². The van der Waals surface area contributed by atoms with E-state index in [0.29, 0.717) is 5.69 Å². The number of anilines is 2. The minimum Gasteiger partial charge on any atom is -0.481 e. The highest BCUT2D eigenvalue weighted by Gasteiger charge is 2.29. The zero-order valence-electron chi connectivity index (χ0n) is 10.7. The number of hydrogen-bond donors (Lipinski definition) is 3. The highest BCUT2D eigenvalue weighted by molar-refractivity contribution is 7.90. The summed E-state index contributed by atoms with van der Waals surface area (Å²) in [7, 11) is -3.46. The molecule has 1 heterocycles. The van der Waals surface area contributed by atoms with Crippen molar-refractivity contribution in [3.05, 3.63) is 18.2 Å². The van der Waals surface area contributed by atoms with Gasteiger partial charge in [0.05, 0.1) is 16.3 Å². The maximum atomic E-state index is 11.9. The van der Waals surface area contributed by atoms with Crippen molar-refractivity contribution in [3.63, 3.8) is 0 Å². The van der Waals surface area contributed by atoms with Crippen molar-refractivity contribution in [1.29, 1.82) is 0 Å². The van der Waals surface area contributed by atoms with Gasteiger partial charge in [0.1, 0.15) is 6.04 Å². The van der Waals surface area contributed by atoms with E-state index in [2.05, 4.69) is 10.6 Å². The number of amides is 1. The third-order valence-electron chi connectivity index (χ3n) is 2.97. The molecule has 1 aromatic carbocycles. The Hall–Kier alpha value is -2.09. The van der Waals surface area contributed by atoms with E-state index in [4.69, 9.17) is 5.11 Å². The molecule has 0 radical (unpaired) electrons. The number of para-hydroxylation sites is 1. The van der Waals surface area contributed by atoms with Crippen LogP contribution in [0.1, 0.15) is 12.8 Å². The molecule has 3 N–H and O–H groups in total. The van der Waals surface area contributed by atoms with Crippen molar-refractivity contribution < 1.29 is 23.1 Å². The van der Waals surface area contributed by atoms with Crippen LogP contribution < -0.4 is 10.6 Å². The van der Waals surface area contributed by atoms with Crippen molar-refractivity contribution in [1.82, 2.24) is 0 Å². The Balaban J connectivity index is 2.32. The molecule has 0 bridgehead atoms. The van der Waals surface area contributed by atoms with E-state index < -0.39 is 27.8 Å². The number of carbonyl (C=O) groups excluding carboxylic acids is 1. The number of carboxylic acid groups (broad SMARTS) is 1. The molecule has 1 amide bonds. The lowest BCUT2D eigenvalue weighted by molar-refractivity contribution is -0.137. The lowest BCUT2D eigenvalue weighted by Gasteiger charge is -2.27. The van der Waals surface area contributed by atoms with Crippen LogP contribution in [0.2, 0.25) is 0 Å². The number of rotatable bonds is 4. The van der Waals surface area contributed by atoms with Crippen molar-refractivity contribution in [2.24, 2.45) is 0 Å². The van der Waals surface area contributed by atoms with Crippen LogP contribution in [0.15, 0.2) is 23.1 Å². The van der Waals surface area contributed by atoms with Crippen LogP contribution in [0, 0.1) is 0 Å². The maximum absolute atomic E-state index is 11.9. The van der Waals surface area contributed by atoms with Crippen LogP contribution >= 0.6 is 0 Å². The summed E-state index contributed by atoms with van der Waals surface area (Å²) < 4.78 is 23.3. The summed E-state index contributed by atoms with van der Waals surface area (Å²) in [5, 5.41) is 14.0. The van der Waals surface area contributed by atoms with Gasteiger partial charge in [-0.3, -0.25) is 9.59 Å². The predicted octanol–water partition coefficient (Wildman–Crippen LogP) is 0.688. The van der Waals surface area contributed by atoms with E-state index in [9.17, 15) is 18.0 Å². The topological polar surface area (TPSA) is 113 Å². The maximum Gasteiger partial charge on any atom is 0.303 e. The Labute approximate surface area is 115 Å². The minimum atomic E-state index is -3.46. The fourth-order valence-corrected chi connectivity index (χ4v) is 2.88. The van der Waals surface area contributed by atoms with E-state index in [1.807, 2.05) is 0 Å². The lowest BCUT2D eigenvalue weighted by atomic mass is 10.1. The molecule has 0 saturated heterocycles. The molecule has 108 valence electrons. The first kappa shape index (κ1) is 14.3. The molecule has 1 unspecified atom stereocenters. The smallest absolute Gasteiger partial charge is 0.303 e. The molecule has 1 aromatic rings. The monoisotopic (exact) mass is 298 g/mol. The van der Waals surface area contributed by atoms with Crippen molar-refractivity contribution in [2.75, 3.05) is 16.9 Å². The van der Waals surface area contributed by atoms with Crippen LogP contribution in [0.5, 0.6) is 0 Å². The molecule has 0 spiro atoms. The Kier molecular flexibility index (Phi) is 3.67. The third kappa shape index (κ3) is 2.90. The SMILES string of the molecule is CS(=O)(=O)c1cccc2c1NC(=O)C(CCC(=O)O)N2. The molecular formula is C12H14N2O5S. The van der Waals surface area contributed by atoms with Gasteiger partial charge in [0, 0.05) is 12.7 Å². The molecule has 20 heavy (non-hydrogen) atoms. The van der Waals surface area contributed by atoms with E-state index >= 15 is 0 Å². The van der Waals surface area contributed by atoms with Gasteiger partial charge in [-0.15, -0.1) is 0 Å². The zero-order chi connectivity index (χ0) is 14.9.